The first-order valence-electron chi connectivity index (χ1n) is 7.67. The Morgan fingerprint density at radius 1 is 1.43 bits per heavy atom. The minimum absolute atomic E-state index is 0.0120. The quantitative estimate of drug-likeness (QED) is 0.897. The maximum atomic E-state index is 12.0. The van der Waals surface area contributed by atoms with Gasteiger partial charge in [-0.15, -0.1) is 11.3 Å². The topological polar surface area (TPSA) is 59.6 Å². The second-order valence-corrected chi connectivity index (χ2v) is 6.98. The van der Waals surface area contributed by atoms with Gasteiger partial charge < -0.3 is 20.1 Å². The summed E-state index contributed by atoms with van der Waals surface area (Å²) in [5.74, 6) is 0. The van der Waals surface area contributed by atoms with Gasteiger partial charge in [0, 0.05) is 17.8 Å². The van der Waals surface area contributed by atoms with Crippen molar-refractivity contribution >= 4 is 17.4 Å². The number of carbonyl (C=O) groups is 1. The Bertz CT molecular complexity index is 533. The number of fused-ring (bicyclic) bond motifs is 3. The molecule has 3 aliphatic rings. The average molecular weight is 308 g/mol. The van der Waals surface area contributed by atoms with Crippen LogP contribution < -0.4 is 10.6 Å². The molecule has 2 fully saturated rings. The van der Waals surface area contributed by atoms with E-state index >= 15 is 0 Å². The molecule has 2 bridgehead atoms. The van der Waals surface area contributed by atoms with Crippen LogP contribution in [0.3, 0.4) is 0 Å². The van der Waals surface area contributed by atoms with Gasteiger partial charge in [0.05, 0.1) is 24.9 Å². The van der Waals surface area contributed by atoms with Crippen LogP contribution in [0.5, 0.6) is 0 Å². The van der Waals surface area contributed by atoms with Gasteiger partial charge in [-0.3, -0.25) is 0 Å². The van der Waals surface area contributed by atoms with Crippen LogP contribution in [0.1, 0.15) is 35.8 Å². The lowest BCUT2D eigenvalue weighted by atomic mass is 9.96. The average Bonchev–Trinajstić information content (AvgIpc) is 3.20. The summed E-state index contributed by atoms with van der Waals surface area (Å²) >= 11 is 1.77. The van der Waals surface area contributed by atoms with E-state index in [2.05, 4.69) is 22.1 Å². The molecule has 2 saturated heterocycles. The molecule has 0 saturated carbocycles. The van der Waals surface area contributed by atoms with Gasteiger partial charge in [0.15, 0.2) is 0 Å². The molecule has 4 rings (SSSR count). The molecule has 2 amide bonds. The lowest BCUT2D eigenvalue weighted by Crippen LogP contribution is -2.47. The summed E-state index contributed by atoms with van der Waals surface area (Å²) in [4.78, 5) is 13.4. The Morgan fingerprint density at radius 3 is 3.19 bits per heavy atom. The maximum Gasteiger partial charge on any atom is 0.315 e. The zero-order chi connectivity index (χ0) is 14.2. The minimum atomic E-state index is -0.109. The van der Waals surface area contributed by atoms with Crippen LogP contribution in [0.4, 0.5) is 4.79 Å². The summed E-state index contributed by atoms with van der Waals surface area (Å²) in [5, 5.41) is 8.08. The lowest BCUT2D eigenvalue weighted by molar-refractivity contribution is 0.0452. The van der Waals surface area contributed by atoms with Crippen molar-refractivity contribution in [1.82, 2.24) is 10.6 Å². The van der Waals surface area contributed by atoms with Crippen molar-refractivity contribution < 1.29 is 14.3 Å². The Hall–Kier alpha value is -1.11. The molecule has 6 heteroatoms. The fourth-order valence-electron chi connectivity index (χ4n) is 3.59. The molecule has 5 nitrogen and oxygen atoms in total. The summed E-state index contributed by atoms with van der Waals surface area (Å²) in [7, 11) is 0. The summed E-state index contributed by atoms with van der Waals surface area (Å²) in [6.45, 7) is 1.26. The van der Waals surface area contributed by atoms with Crippen molar-refractivity contribution in [2.75, 3.05) is 13.2 Å². The first-order valence-corrected chi connectivity index (χ1v) is 8.55. The van der Waals surface area contributed by atoms with Gasteiger partial charge >= 0.3 is 6.03 Å². The molecule has 2 N–H and O–H groups in total. The van der Waals surface area contributed by atoms with Gasteiger partial charge in [-0.2, -0.15) is 0 Å². The Kier molecular flexibility index (Phi) is 3.61. The number of hydrogen-bond donors (Lipinski definition) is 2. The van der Waals surface area contributed by atoms with Crippen LogP contribution in [0, 0.1) is 0 Å². The molecule has 0 aliphatic carbocycles. The molecule has 21 heavy (non-hydrogen) atoms. The molecule has 4 heterocycles. The number of rotatable bonds is 3. The highest BCUT2D eigenvalue weighted by Gasteiger charge is 2.41. The first-order chi connectivity index (χ1) is 10.3. The van der Waals surface area contributed by atoms with E-state index in [0.29, 0.717) is 12.6 Å². The highest BCUT2D eigenvalue weighted by Crippen LogP contribution is 2.34. The number of hydrogen-bond acceptors (Lipinski definition) is 4. The molecular formula is C15H20N2O3S. The van der Waals surface area contributed by atoms with E-state index in [4.69, 9.17) is 9.47 Å². The van der Waals surface area contributed by atoms with Crippen molar-refractivity contribution in [2.24, 2.45) is 0 Å². The number of amides is 2. The monoisotopic (exact) mass is 308 g/mol. The summed E-state index contributed by atoms with van der Waals surface area (Å²) in [5.41, 5.74) is 1.23. The van der Waals surface area contributed by atoms with Crippen LogP contribution in [-0.2, 0) is 15.9 Å². The van der Waals surface area contributed by atoms with E-state index in [1.165, 1.54) is 10.4 Å². The van der Waals surface area contributed by atoms with Gasteiger partial charge in [0.1, 0.15) is 6.10 Å². The smallest absolute Gasteiger partial charge is 0.315 e. The molecule has 0 spiro atoms. The van der Waals surface area contributed by atoms with Crippen molar-refractivity contribution in [3.63, 3.8) is 0 Å². The highest BCUT2D eigenvalue weighted by molar-refractivity contribution is 7.10. The van der Waals surface area contributed by atoms with Crippen LogP contribution in [-0.4, -0.2) is 37.4 Å². The third-order valence-corrected chi connectivity index (χ3v) is 5.64. The number of carbonyl (C=O) groups excluding carboxylic acids is 1. The summed E-state index contributed by atoms with van der Waals surface area (Å²) < 4.78 is 11.5. The molecule has 1 aromatic heterocycles. The standard InChI is InChI=1S/C15H20N2O3S/c18-15(17-11-7-9-1-2-12(11)20-9)16-8-13-10-4-6-21-14(10)3-5-19-13/h4,6,9,11-13H,1-3,5,7-8H2,(H2,16,17,18)/t9-,11+,12-,13-/m1/s1. The Balaban J connectivity index is 1.29. The first kappa shape index (κ1) is 13.5. The van der Waals surface area contributed by atoms with Crippen LogP contribution in [0.15, 0.2) is 11.4 Å². The normalized spacial score (nSPS) is 33.7. The van der Waals surface area contributed by atoms with Gasteiger partial charge in [-0.1, -0.05) is 0 Å². The van der Waals surface area contributed by atoms with Crippen molar-refractivity contribution in [1.29, 1.82) is 0 Å². The van der Waals surface area contributed by atoms with Gasteiger partial charge in [-0.05, 0) is 36.3 Å². The zero-order valence-corrected chi connectivity index (χ0v) is 12.7. The molecular weight excluding hydrogens is 288 g/mol. The predicted molar refractivity (Wildman–Crippen MR) is 79.6 cm³/mol. The Morgan fingerprint density at radius 2 is 2.38 bits per heavy atom. The molecule has 0 unspecified atom stereocenters. The Labute approximate surface area is 128 Å². The second kappa shape index (κ2) is 5.59. The van der Waals surface area contributed by atoms with Crippen LogP contribution in [0.25, 0.3) is 0 Å². The van der Waals surface area contributed by atoms with Crippen molar-refractivity contribution in [2.45, 2.75) is 50.0 Å². The molecule has 3 aliphatic heterocycles. The number of thiophene rings is 1. The minimum Gasteiger partial charge on any atom is -0.373 e. The number of ether oxygens (including phenoxy) is 2. The third kappa shape index (κ3) is 2.67. The van der Waals surface area contributed by atoms with Crippen molar-refractivity contribution in [3.05, 3.63) is 21.9 Å². The van der Waals surface area contributed by atoms with E-state index < -0.39 is 0 Å². The van der Waals surface area contributed by atoms with Gasteiger partial charge in [0.25, 0.3) is 0 Å². The zero-order valence-electron chi connectivity index (χ0n) is 11.8. The highest BCUT2D eigenvalue weighted by atomic mass is 32.1. The second-order valence-electron chi connectivity index (χ2n) is 5.98. The van der Waals surface area contributed by atoms with E-state index in [0.717, 1.165) is 32.3 Å². The third-order valence-electron chi connectivity index (χ3n) is 4.65. The van der Waals surface area contributed by atoms with E-state index in [1.54, 1.807) is 11.3 Å². The fraction of sp³-hybridized carbons (Fsp3) is 0.667. The largest absolute Gasteiger partial charge is 0.373 e. The van der Waals surface area contributed by atoms with Crippen LogP contribution >= 0.6 is 11.3 Å². The van der Waals surface area contributed by atoms with E-state index in [-0.39, 0.29) is 24.3 Å². The van der Waals surface area contributed by atoms with E-state index in [1.807, 2.05) is 0 Å². The predicted octanol–water partition coefficient (Wildman–Crippen LogP) is 1.98. The molecule has 4 atom stereocenters. The SMILES string of the molecule is O=C(NC[C@H]1OCCc2sccc21)N[C@H]1C[C@H]2CC[C@H]1O2. The van der Waals surface area contributed by atoms with Gasteiger partial charge in [0.2, 0.25) is 0 Å². The molecule has 1 aromatic rings. The molecule has 114 valence electrons. The number of urea groups is 1. The van der Waals surface area contributed by atoms with Gasteiger partial charge in [-0.25, -0.2) is 4.79 Å². The molecule has 0 aromatic carbocycles. The summed E-state index contributed by atoms with van der Waals surface area (Å²) in [6, 6.07) is 2.17. The van der Waals surface area contributed by atoms with Crippen LogP contribution in [0.2, 0.25) is 0 Å². The number of nitrogens with one attached hydrogen (secondary N) is 2. The van der Waals surface area contributed by atoms with E-state index in [9.17, 15) is 4.79 Å². The molecule has 0 radical (unpaired) electrons. The fourth-order valence-corrected chi connectivity index (χ4v) is 4.50. The maximum absolute atomic E-state index is 12.0. The summed E-state index contributed by atoms with van der Waals surface area (Å²) in [6.07, 6.45) is 4.71. The lowest BCUT2D eigenvalue weighted by Gasteiger charge is -2.25. The van der Waals surface area contributed by atoms with Crippen molar-refractivity contribution in [3.8, 4) is 0 Å².